The molecule has 1 spiro atoms. The maximum Gasteiger partial charge on any atom is 0.246 e. The molecule has 8 nitrogen and oxygen atoms in total. The number of ether oxygens (including phenoxy) is 1. The molecule has 1 atom stereocenters. The number of aryl methyl sites for hydroxylation is 1. The monoisotopic (exact) mass is 375 g/mol. The number of nitrogens with zero attached hydrogens (tertiary/aromatic N) is 5. The maximum absolute atomic E-state index is 12.7. The number of hydrogen-bond donors (Lipinski definition) is 0. The molecule has 1 unspecified atom stereocenters. The molecule has 0 radical (unpaired) electrons. The van der Waals surface area contributed by atoms with Gasteiger partial charge in [0.15, 0.2) is 0 Å². The minimum Gasteiger partial charge on any atom is -0.381 e. The molecule has 8 heteroatoms. The zero-order valence-corrected chi connectivity index (χ0v) is 16.3. The molecular formula is C19H29N5O3. The molecular weight excluding hydrogens is 346 g/mol. The fourth-order valence-electron chi connectivity index (χ4n) is 4.82. The van der Waals surface area contributed by atoms with E-state index >= 15 is 0 Å². The summed E-state index contributed by atoms with van der Waals surface area (Å²) in [5.74, 6) is 0.619. The van der Waals surface area contributed by atoms with Gasteiger partial charge in [0.1, 0.15) is 6.54 Å². The summed E-state index contributed by atoms with van der Waals surface area (Å²) in [6.45, 7) is 6.83. The van der Waals surface area contributed by atoms with E-state index in [4.69, 9.17) is 4.74 Å². The highest BCUT2D eigenvalue weighted by molar-refractivity contribution is 5.98. The lowest BCUT2D eigenvalue weighted by atomic mass is 9.91. The molecule has 0 aliphatic carbocycles. The lowest BCUT2D eigenvalue weighted by Crippen LogP contribution is -2.66. The molecule has 1 aromatic rings. The molecule has 0 bridgehead atoms. The number of hydrogen-bond acceptors (Lipinski definition) is 5. The average molecular weight is 375 g/mol. The topological polar surface area (TPSA) is 70.9 Å². The number of carbonyl (C=O) groups excluding carboxylic acids is 2. The molecule has 27 heavy (non-hydrogen) atoms. The molecule has 0 N–H and O–H groups in total. The van der Waals surface area contributed by atoms with Gasteiger partial charge in [0.2, 0.25) is 11.8 Å². The van der Waals surface area contributed by atoms with Crippen molar-refractivity contribution in [2.75, 3.05) is 50.8 Å². The first-order chi connectivity index (χ1) is 13.0. The SMILES string of the molecule is CC(=O)N1CC(=O)N(c2cnn(C)c2)CC12CCN(CC1CCOCC1)C2. The van der Waals surface area contributed by atoms with Gasteiger partial charge in [0.25, 0.3) is 0 Å². The van der Waals surface area contributed by atoms with Gasteiger partial charge < -0.3 is 19.4 Å². The van der Waals surface area contributed by atoms with Crippen LogP contribution in [0.4, 0.5) is 5.69 Å². The van der Waals surface area contributed by atoms with Crippen molar-refractivity contribution in [3.8, 4) is 0 Å². The van der Waals surface area contributed by atoms with Crippen LogP contribution in [0.25, 0.3) is 0 Å². The summed E-state index contributed by atoms with van der Waals surface area (Å²) in [6.07, 6.45) is 6.72. The van der Waals surface area contributed by atoms with Gasteiger partial charge in [-0.05, 0) is 25.2 Å². The van der Waals surface area contributed by atoms with Crippen molar-refractivity contribution in [2.24, 2.45) is 13.0 Å². The molecule has 1 aromatic heterocycles. The Morgan fingerprint density at radius 2 is 2.11 bits per heavy atom. The van der Waals surface area contributed by atoms with Crippen LogP contribution in [0, 0.1) is 5.92 Å². The molecule has 3 saturated heterocycles. The summed E-state index contributed by atoms with van der Waals surface area (Å²) in [5.41, 5.74) is 0.508. The van der Waals surface area contributed by atoms with Crippen LogP contribution in [-0.2, 0) is 21.4 Å². The fraction of sp³-hybridized carbons (Fsp3) is 0.737. The van der Waals surface area contributed by atoms with E-state index in [9.17, 15) is 9.59 Å². The fourth-order valence-corrected chi connectivity index (χ4v) is 4.82. The molecule has 0 aromatic carbocycles. The highest BCUT2D eigenvalue weighted by Gasteiger charge is 2.50. The van der Waals surface area contributed by atoms with Gasteiger partial charge >= 0.3 is 0 Å². The van der Waals surface area contributed by atoms with Gasteiger partial charge in [0, 0.05) is 53.0 Å². The second-order valence-electron chi connectivity index (χ2n) is 8.22. The maximum atomic E-state index is 12.7. The van der Waals surface area contributed by atoms with Crippen molar-refractivity contribution in [1.29, 1.82) is 0 Å². The Morgan fingerprint density at radius 3 is 2.78 bits per heavy atom. The van der Waals surface area contributed by atoms with Gasteiger partial charge in [0.05, 0.1) is 24.0 Å². The first-order valence-corrected chi connectivity index (χ1v) is 9.84. The molecule has 3 aliphatic rings. The molecule has 3 fully saturated rings. The van der Waals surface area contributed by atoms with Crippen molar-refractivity contribution < 1.29 is 14.3 Å². The third-order valence-corrected chi connectivity index (χ3v) is 6.27. The van der Waals surface area contributed by atoms with Gasteiger partial charge in [-0.3, -0.25) is 14.3 Å². The van der Waals surface area contributed by atoms with E-state index in [-0.39, 0.29) is 23.9 Å². The summed E-state index contributed by atoms with van der Waals surface area (Å²) >= 11 is 0. The molecule has 0 saturated carbocycles. The highest BCUT2D eigenvalue weighted by atomic mass is 16.5. The first kappa shape index (κ1) is 18.4. The van der Waals surface area contributed by atoms with Crippen LogP contribution in [0.15, 0.2) is 12.4 Å². The summed E-state index contributed by atoms with van der Waals surface area (Å²) < 4.78 is 7.18. The Balaban J connectivity index is 1.52. The number of likely N-dealkylation sites (tertiary alicyclic amines) is 1. The van der Waals surface area contributed by atoms with Crippen molar-refractivity contribution >= 4 is 17.5 Å². The van der Waals surface area contributed by atoms with Crippen molar-refractivity contribution in [3.05, 3.63) is 12.4 Å². The van der Waals surface area contributed by atoms with E-state index in [0.29, 0.717) is 12.5 Å². The minimum atomic E-state index is -0.305. The van der Waals surface area contributed by atoms with E-state index < -0.39 is 0 Å². The van der Waals surface area contributed by atoms with E-state index in [2.05, 4.69) is 10.00 Å². The highest BCUT2D eigenvalue weighted by Crippen LogP contribution is 2.35. The molecule has 4 heterocycles. The molecule has 2 amide bonds. The predicted molar refractivity (Wildman–Crippen MR) is 100 cm³/mol. The van der Waals surface area contributed by atoms with Gasteiger partial charge in [-0.2, -0.15) is 5.10 Å². The Hall–Kier alpha value is -1.93. The summed E-state index contributed by atoms with van der Waals surface area (Å²) in [7, 11) is 1.85. The van der Waals surface area contributed by atoms with E-state index in [1.807, 2.05) is 23.0 Å². The second kappa shape index (κ2) is 7.24. The summed E-state index contributed by atoms with van der Waals surface area (Å²) in [6, 6.07) is 0. The summed E-state index contributed by atoms with van der Waals surface area (Å²) in [5, 5.41) is 4.21. The van der Waals surface area contributed by atoms with Crippen LogP contribution >= 0.6 is 0 Å². The average Bonchev–Trinajstić information content (AvgIpc) is 3.24. The Morgan fingerprint density at radius 1 is 1.33 bits per heavy atom. The van der Waals surface area contributed by atoms with Crippen LogP contribution in [0.5, 0.6) is 0 Å². The number of amides is 2. The molecule has 148 valence electrons. The molecule has 4 rings (SSSR count). The molecule has 3 aliphatic heterocycles. The Labute approximate surface area is 160 Å². The lowest BCUT2D eigenvalue weighted by molar-refractivity contribution is -0.142. The quantitative estimate of drug-likeness (QED) is 0.769. The third kappa shape index (κ3) is 3.60. The van der Waals surface area contributed by atoms with Crippen LogP contribution in [0.3, 0.4) is 0 Å². The largest absolute Gasteiger partial charge is 0.381 e. The standard InChI is InChI=1S/C19H29N5O3/c1-15(25)24-12-18(26)23(17-9-20-21(2)11-17)14-19(24)5-6-22(13-19)10-16-3-7-27-8-4-16/h9,11,16H,3-8,10,12-14H2,1-2H3. The zero-order chi connectivity index (χ0) is 19.0. The number of aromatic nitrogens is 2. The summed E-state index contributed by atoms with van der Waals surface area (Å²) in [4.78, 5) is 31.2. The van der Waals surface area contributed by atoms with Crippen molar-refractivity contribution in [2.45, 2.75) is 31.7 Å². The Kier molecular flexibility index (Phi) is 4.94. The van der Waals surface area contributed by atoms with E-state index in [1.54, 1.807) is 17.8 Å². The van der Waals surface area contributed by atoms with E-state index in [1.165, 1.54) is 0 Å². The van der Waals surface area contributed by atoms with Crippen molar-refractivity contribution in [1.82, 2.24) is 19.6 Å². The second-order valence-corrected chi connectivity index (χ2v) is 8.22. The first-order valence-electron chi connectivity index (χ1n) is 9.84. The van der Waals surface area contributed by atoms with Gasteiger partial charge in [-0.15, -0.1) is 0 Å². The smallest absolute Gasteiger partial charge is 0.246 e. The van der Waals surface area contributed by atoms with Crippen LogP contribution < -0.4 is 4.90 Å². The van der Waals surface area contributed by atoms with Gasteiger partial charge in [-0.1, -0.05) is 0 Å². The van der Waals surface area contributed by atoms with Gasteiger partial charge in [-0.25, -0.2) is 0 Å². The number of piperazine rings is 1. The van der Waals surface area contributed by atoms with E-state index in [0.717, 1.165) is 57.8 Å². The van der Waals surface area contributed by atoms with Crippen LogP contribution in [0.2, 0.25) is 0 Å². The van der Waals surface area contributed by atoms with Crippen LogP contribution in [0.1, 0.15) is 26.2 Å². The normalized spacial score (nSPS) is 27.7. The lowest BCUT2D eigenvalue weighted by Gasteiger charge is -2.48. The Bertz CT molecular complexity index is 714. The number of rotatable bonds is 3. The third-order valence-electron chi connectivity index (χ3n) is 6.27. The predicted octanol–water partition coefficient (Wildman–Crippen LogP) is 0.486. The number of anilines is 1. The zero-order valence-electron chi connectivity index (χ0n) is 16.3. The van der Waals surface area contributed by atoms with Crippen LogP contribution in [-0.4, -0.2) is 82.9 Å². The minimum absolute atomic E-state index is 0.0119. The van der Waals surface area contributed by atoms with Crippen molar-refractivity contribution in [3.63, 3.8) is 0 Å². The number of carbonyl (C=O) groups is 2.